The number of hydrogen-bond acceptors (Lipinski definition) is 3. The number of para-hydroxylation sites is 1. The molecular formula is C19H21ClN4O2. The molecule has 2 N–H and O–H groups in total. The molecule has 26 heavy (non-hydrogen) atoms. The summed E-state index contributed by atoms with van der Waals surface area (Å²) in [4.78, 5) is 30.3. The number of aromatic nitrogens is 1. The van der Waals surface area contributed by atoms with Gasteiger partial charge in [-0.15, -0.1) is 0 Å². The molecule has 136 valence electrons. The van der Waals surface area contributed by atoms with Gasteiger partial charge in [0.05, 0.1) is 16.3 Å². The van der Waals surface area contributed by atoms with Crippen molar-refractivity contribution in [3.8, 4) is 0 Å². The van der Waals surface area contributed by atoms with Gasteiger partial charge in [0.1, 0.15) is 0 Å². The summed E-state index contributed by atoms with van der Waals surface area (Å²) in [5, 5.41) is 6.13. The van der Waals surface area contributed by atoms with Crippen molar-refractivity contribution in [1.82, 2.24) is 15.2 Å². The van der Waals surface area contributed by atoms with Crippen molar-refractivity contribution in [3.05, 3.63) is 59.4 Å². The van der Waals surface area contributed by atoms with E-state index in [4.69, 9.17) is 11.6 Å². The Bertz CT molecular complexity index is 761. The molecule has 1 aromatic carbocycles. The fourth-order valence-electron chi connectivity index (χ4n) is 2.98. The van der Waals surface area contributed by atoms with Crippen molar-refractivity contribution in [1.29, 1.82) is 0 Å². The van der Waals surface area contributed by atoms with Gasteiger partial charge in [0, 0.05) is 32.0 Å². The topological polar surface area (TPSA) is 74.3 Å². The second kappa shape index (κ2) is 8.67. The number of halogens is 1. The van der Waals surface area contributed by atoms with E-state index >= 15 is 0 Å². The van der Waals surface area contributed by atoms with E-state index in [0.29, 0.717) is 41.8 Å². The van der Waals surface area contributed by atoms with Crippen LogP contribution in [0.3, 0.4) is 0 Å². The zero-order chi connectivity index (χ0) is 18.4. The summed E-state index contributed by atoms with van der Waals surface area (Å²) in [6.45, 7) is 1.95. The largest absolute Gasteiger partial charge is 0.339 e. The van der Waals surface area contributed by atoms with Crippen LogP contribution in [0.4, 0.5) is 10.5 Å². The fraction of sp³-hybridized carbons (Fsp3) is 0.316. The number of likely N-dealkylation sites (tertiary alicyclic amines) is 1. The quantitative estimate of drug-likeness (QED) is 0.863. The number of hydrogen-bond donors (Lipinski definition) is 2. The van der Waals surface area contributed by atoms with E-state index < -0.39 is 0 Å². The van der Waals surface area contributed by atoms with E-state index in [-0.39, 0.29) is 11.9 Å². The highest BCUT2D eigenvalue weighted by molar-refractivity contribution is 6.33. The van der Waals surface area contributed by atoms with Crippen LogP contribution in [0.5, 0.6) is 0 Å². The van der Waals surface area contributed by atoms with Gasteiger partial charge in [-0.05, 0) is 43.0 Å². The van der Waals surface area contributed by atoms with Crippen LogP contribution in [-0.4, -0.2) is 41.5 Å². The van der Waals surface area contributed by atoms with Gasteiger partial charge in [0.15, 0.2) is 0 Å². The molecule has 1 saturated heterocycles. The predicted octanol–water partition coefficient (Wildman–Crippen LogP) is 3.41. The summed E-state index contributed by atoms with van der Waals surface area (Å²) >= 11 is 6.03. The molecular weight excluding hydrogens is 352 g/mol. The van der Waals surface area contributed by atoms with E-state index in [9.17, 15) is 9.59 Å². The minimum absolute atomic E-state index is 0.0148. The summed E-state index contributed by atoms with van der Waals surface area (Å²) in [5.41, 5.74) is 1.20. The molecule has 0 bridgehead atoms. The molecule has 2 aromatic rings. The third-order valence-electron chi connectivity index (χ3n) is 4.48. The molecule has 0 aliphatic carbocycles. The van der Waals surface area contributed by atoms with E-state index in [1.165, 1.54) is 0 Å². The third-order valence-corrected chi connectivity index (χ3v) is 4.81. The monoisotopic (exact) mass is 372 g/mol. The lowest BCUT2D eigenvalue weighted by atomic mass is 9.96. The minimum Gasteiger partial charge on any atom is -0.339 e. The highest BCUT2D eigenvalue weighted by Gasteiger charge is 2.24. The number of urea groups is 1. The molecule has 0 saturated carbocycles. The Morgan fingerprint density at radius 3 is 2.62 bits per heavy atom. The van der Waals surface area contributed by atoms with E-state index in [0.717, 1.165) is 12.8 Å². The van der Waals surface area contributed by atoms with Crippen LogP contribution in [0.15, 0.2) is 48.8 Å². The molecule has 2 heterocycles. The second-order valence-electron chi connectivity index (χ2n) is 6.29. The molecule has 0 atom stereocenters. The molecule has 3 rings (SSSR count). The van der Waals surface area contributed by atoms with Crippen molar-refractivity contribution in [2.24, 2.45) is 5.92 Å². The van der Waals surface area contributed by atoms with Gasteiger partial charge in [-0.1, -0.05) is 23.7 Å². The molecule has 1 fully saturated rings. The third kappa shape index (κ3) is 4.73. The van der Waals surface area contributed by atoms with Crippen molar-refractivity contribution in [2.45, 2.75) is 12.8 Å². The lowest BCUT2D eigenvalue weighted by Crippen LogP contribution is -2.42. The molecule has 3 amide bonds. The number of carbonyl (C=O) groups excluding carboxylic acids is 2. The molecule has 1 aliphatic rings. The highest BCUT2D eigenvalue weighted by Crippen LogP contribution is 2.21. The normalized spacial score (nSPS) is 14.7. The molecule has 0 radical (unpaired) electrons. The first kappa shape index (κ1) is 18.2. The maximum absolute atomic E-state index is 12.4. The first-order chi connectivity index (χ1) is 12.6. The van der Waals surface area contributed by atoms with Crippen LogP contribution in [0.2, 0.25) is 5.02 Å². The lowest BCUT2D eigenvalue weighted by molar-refractivity contribution is 0.0690. The molecule has 7 heteroatoms. The van der Waals surface area contributed by atoms with Gasteiger partial charge in [0.2, 0.25) is 0 Å². The van der Waals surface area contributed by atoms with Gasteiger partial charge in [-0.2, -0.15) is 0 Å². The van der Waals surface area contributed by atoms with Crippen molar-refractivity contribution in [2.75, 3.05) is 25.0 Å². The van der Waals surface area contributed by atoms with Crippen LogP contribution in [-0.2, 0) is 0 Å². The van der Waals surface area contributed by atoms with Crippen LogP contribution in [0.25, 0.3) is 0 Å². The average molecular weight is 373 g/mol. The summed E-state index contributed by atoms with van der Waals surface area (Å²) in [7, 11) is 0. The lowest BCUT2D eigenvalue weighted by Gasteiger charge is -2.32. The predicted molar refractivity (Wildman–Crippen MR) is 101 cm³/mol. The maximum Gasteiger partial charge on any atom is 0.319 e. The minimum atomic E-state index is -0.271. The standard InChI is InChI=1S/C19H21ClN4O2/c20-16-5-1-2-6-17(16)23-19(26)22-12-14-7-10-24(11-8-14)18(25)15-4-3-9-21-13-15/h1-6,9,13-14H,7-8,10-12H2,(H2,22,23,26). The molecule has 0 unspecified atom stereocenters. The average Bonchev–Trinajstić information content (AvgIpc) is 2.69. The molecule has 6 nitrogen and oxygen atoms in total. The number of carbonyl (C=O) groups is 2. The zero-order valence-corrected chi connectivity index (χ0v) is 15.1. The second-order valence-corrected chi connectivity index (χ2v) is 6.70. The summed E-state index contributed by atoms with van der Waals surface area (Å²) < 4.78 is 0. The van der Waals surface area contributed by atoms with Crippen molar-refractivity contribution >= 4 is 29.2 Å². The molecule has 1 aliphatic heterocycles. The number of piperidine rings is 1. The van der Waals surface area contributed by atoms with Crippen LogP contribution >= 0.6 is 11.6 Å². The van der Waals surface area contributed by atoms with Crippen LogP contribution in [0, 0.1) is 5.92 Å². The van der Waals surface area contributed by atoms with Gasteiger partial charge in [-0.25, -0.2) is 4.79 Å². The SMILES string of the molecule is O=C(NCC1CCN(C(=O)c2cccnc2)CC1)Nc1ccccc1Cl. The van der Waals surface area contributed by atoms with Crippen LogP contribution < -0.4 is 10.6 Å². The Kier molecular flexibility index (Phi) is 6.07. The van der Waals surface area contributed by atoms with E-state index in [1.54, 1.807) is 36.7 Å². The number of benzene rings is 1. The number of amides is 3. The van der Waals surface area contributed by atoms with Gasteiger partial charge in [0.25, 0.3) is 5.91 Å². The number of rotatable bonds is 4. The summed E-state index contributed by atoms with van der Waals surface area (Å²) in [5.74, 6) is 0.367. The number of pyridine rings is 1. The first-order valence-electron chi connectivity index (χ1n) is 8.62. The zero-order valence-electron chi connectivity index (χ0n) is 14.3. The molecule has 0 spiro atoms. The van der Waals surface area contributed by atoms with Crippen molar-refractivity contribution < 1.29 is 9.59 Å². The Morgan fingerprint density at radius 1 is 1.15 bits per heavy atom. The first-order valence-corrected chi connectivity index (χ1v) is 9.00. The van der Waals surface area contributed by atoms with E-state index in [1.807, 2.05) is 17.0 Å². The number of nitrogens with one attached hydrogen (secondary N) is 2. The Morgan fingerprint density at radius 2 is 1.92 bits per heavy atom. The Hall–Kier alpha value is -2.60. The number of nitrogens with zero attached hydrogens (tertiary/aromatic N) is 2. The van der Waals surface area contributed by atoms with Gasteiger partial charge in [-0.3, -0.25) is 9.78 Å². The summed E-state index contributed by atoms with van der Waals surface area (Å²) in [6, 6.07) is 10.4. The smallest absolute Gasteiger partial charge is 0.319 e. The fourth-order valence-corrected chi connectivity index (χ4v) is 3.16. The highest BCUT2D eigenvalue weighted by atomic mass is 35.5. The summed E-state index contributed by atoms with van der Waals surface area (Å²) in [6.07, 6.45) is 4.97. The maximum atomic E-state index is 12.4. The van der Waals surface area contributed by atoms with E-state index in [2.05, 4.69) is 15.6 Å². The Balaban J connectivity index is 1.42. The number of anilines is 1. The van der Waals surface area contributed by atoms with Gasteiger partial charge >= 0.3 is 6.03 Å². The van der Waals surface area contributed by atoms with Crippen molar-refractivity contribution in [3.63, 3.8) is 0 Å². The van der Waals surface area contributed by atoms with Gasteiger partial charge < -0.3 is 15.5 Å². The Labute approximate surface area is 157 Å². The molecule has 1 aromatic heterocycles. The van der Waals surface area contributed by atoms with Crippen LogP contribution in [0.1, 0.15) is 23.2 Å².